The van der Waals surface area contributed by atoms with Gasteiger partial charge in [0, 0.05) is 66.2 Å². The number of phenolic OH excluding ortho intramolecular Hbond substituents is 1. The van der Waals surface area contributed by atoms with Crippen molar-refractivity contribution in [2.24, 2.45) is 0 Å². The summed E-state index contributed by atoms with van der Waals surface area (Å²) in [5.41, 5.74) is 11.8. The van der Waals surface area contributed by atoms with Gasteiger partial charge in [0.2, 0.25) is 0 Å². The minimum absolute atomic E-state index is 0. The van der Waals surface area contributed by atoms with Crippen LogP contribution in [0.4, 0.5) is 0 Å². The second kappa shape index (κ2) is 12.6. The third-order valence-electron chi connectivity index (χ3n) is 12.4. The van der Waals surface area contributed by atoms with Crippen LogP contribution in [-0.2, 0) is 31.9 Å². The maximum atomic E-state index is 11.3. The number of fused-ring (bicyclic) bond motifs is 9. The second-order valence-corrected chi connectivity index (χ2v) is 15.9. The number of aromatic hydroxyl groups is 1. The van der Waals surface area contributed by atoms with Crippen LogP contribution in [-0.4, -0.2) is 19.6 Å². The topological polar surface area (TPSA) is 77.2 Å². The molecule has 4 aromatic heterocycles. The molecule has 4 heterocycles. The van der Waals surface area contributed by atoms with Crippen molar-refractivity contribution in [3.63, 3.8) is 0 Å². The standard InChI is InChI=1S/C50H36N3O3.Pt/c1-49(2)37-14-10-15-41(54)46(37)47-38(50(49,3)4)21-22-39(51-47)40-28-53(32-19-20-34-33-13-8-9-16-42(33)56-45(34)27-32)48(52-40)31-18-24-44-36(26-31)35-25-30(17-23-43(35)55-44)29-11-6-5-7-12-29;/h5-17,19-28,54H,1-4H3;/q-1;. The van der Waals surface area contributed by atoms with Gasteiger partial charge >= 0.3 is 0 Å². The summed E-state index contributed by atoms with van der Waals surface area (Å²) < 4.78 is 14.8. The van der Waals surface area contributed by atoms with Crippen LogP contribution in [0.15, 0.2) is 148 Å². The minimum atomic E-state index is -0.251. The van der Waals surface area contributed by atoms with E-state index < -0.39 is 0 Å². The van der Waals surface area contributed by atoms with Gasteiger partial charge < -0.3 is 18.5 Å². The molecule has 0 atom stereocenters. The zero-order valence-corrected chi connectivity index (χ0v) is 34.0. The molecule has 0 unspecified atom stereocenters. The summed E-state index contributed by atoms with van der Waals surface area (Å²) >= 11 is 0. The van der Waals surface area contributed by atoms with Crippen LogP contribution in [0, 0.1) is 6.07 Å². The van der Waals surface area contributed by atoms with Crippen molar-refractivity contribution in [2.75, 3.05) is 0 Å². The van der Waals surface area contributed by atoms with E-state index in [0.29, 0.717) is 17.2 Å². The Morgan fingerprint density at radius 2 is 1.32 bits per heavy atom. The Kier molecular flexibility index (Phi) is 7.81. The summed E-state index contributed by atoms with van der Waals surface area (Å²) in [5.74, 6) is 0.933. The first kappa shape index (κ1) is 35.2. The molecule has 6 aromatic carbocycles. The van der Waals surface area contributed by atoms with Crippen LogP contribution < -0.4 is 0 Å². The van der Waals surface area contributed by atoms with Gasteiger partial charge in [-0.25, -0.2) is 4.98 Å². The van der Waals surface area contributed by atoms with Gasteiger partial charge in [0.25, 0.3) is 0 Å². The number of hydrogen-bond acceptors (Lipinski definition) is 5. The molecule has 0 saturated heterocycles. The van der Waals surface area contributed by atoms with Crippen molar-refractivity contribution in [3.05, 3.63) is 157 Å². The zero-order chi connectivity index (χ0) is 37.9. The number of rotatable bonds is 4. The Labute approximate surface area is 343 Å². The first-order valence-corrected chi connectivity index (χ1v) is 19.0. The van der Waals surface area contributed by atoms with E-state index in [1.165, 1.54) is 0 Å². The average Bonchev–Trinajstić information content (AvgIpc) is 3.93. The number of aromatic nitrogens is 3. The average molecular weight is 922 g/mol. The van der Waals surface area contributed by atoms with E-state index in [1.54, 1.807) is 6.07 Å². The Morgan fingerprint density at radius 1 is 0.579 bits per heavy atom. The molecule has 0 radical (unpaired) electrons. The van der Waals surface area contributed by atoms with Gasteiger partial charge in [-0.2, -0.15) is 0 Å². The van der Waals surface area contributed by atoms with Crippen molar-refractivity contribution >= 4 is 43.9 Å². The van der Waals surface area contributed by atoms with Crippen molar-refractivity contribution in [3.8, 4) is 56.6 Å². The molecule has 0 amide bonds. The molecule has 280 valence electrons. The predicted octanol–water partition coefficient (Wildman–Crippen LogP) is 12.8. The number of benzene rings is 6. The van der Waals surface area contributed by atoms with E-state index in [0.717, 1.165) is 88.6 Å². The van der Waals surface area contributed by atoms with E-state index in [9.17, 15) is 5.11 Å². The van der Waals surface area contributed by atoms with Crippen LogP contribution in [0.3, 0.4) is 0 Å². The molecule has 11 rings (SSSR count). The number of furan rings is 2. The van der Waals surface area contributed by atoms with Gasteiger partial charge in [-0.1, -0.05) is 106 Å². The molecule has 10 aromatic rings. The monoisotopic (exact) mass is 921 g/mol. The number of para-hydroxylation sites is 1. The van der Waals surface area contributed by atoms with Crippen molar-refractivity contribution in [1.82, 2.24) is 14.5 Å². The van der Waals surface area contributed by atoms with E-state index >= 15 is 0 Å². The van der Waals surface area contributed by atoms with Gasteiger partial charge in [-0.05, 0) is 70.1 Å². The molecule has 0 fully saturated rings. The number of pyridine rings is 1. The maximum absolute atomic E-state index is 11.3. The third-order valence-corrected chi connectivity index (χ3v) is 12.4. The number of hydrogen-bond donors (Lipinski definition) is 1. The molecule has 0 aliphatic heterocycles. The normalized spacial score (nSPS) is 14.2. The first-order chi connectivity index (χ1) is 27.2. The number of nitrogens with zero attached hydrogens (tertiary/aromatic N) is 3. The Hall–Kier alpha value is -6.23. The van der Waals surface area contributed by atoms with Crippen LogP contribution in [0.1, 0.15) is 38.8 Å². The molecule has 0 spiro atoms. The molecule has 1 aliphatic rings. The fourth-order valence-corrected chi connectivity index (χ4v) is 8.70. The number of imidazole rings is 1. The SMILES string of the molecule is CC1(C)c2ccc(-c3cn(-c4ccc5c(c4)oc4ccccc45)c(-c4[c-]cc5oc6ccc(-c7ccccc7)cc6c5c4)n3)nc2-c2c(O)cccc2C1(C)C.[Pt]. The van der Waals surface area contributed by atoms with Gasteiger partial charge in [-0.15, -0.1) is 23.8 Å². The molecule has 1 aliphatic carbocycles. The molecule has 57 heavy (non-hydrogen) atoms. The van der Waals surface area contributed by atoms with Crippen LogP contribution in [0.2, 0.25) is 0 Å². The Bertz CT molecular complexity index is 3220. The Morgan fingerprint density at radius 3 is 2.18 bits per heavy atom. The summed E-state index contributed by atoms with van der Waals surface area (Å²) in [5, 5.41) is 15.4. The van der Waals surface area contributed by atoms with Crippen molar-refractivity contribution < 1.29 is 35.0 Å². The quantitative estimate of drug-likeness (QED) is 0.178. The molecule has 0 saturated carbocycles. The summed E-state index contributed by atoms with van der Waals surface area (Å²) in [6, 6.07) is 48.7. The van der Waals surface area contributed by atoms with Crippen molar-refractivity contribution in [2.45, 2.75) is 38.5 Å². The van der Waals surface area contributed by atoms with Gasteiger partial charge in [0.15, 0.2) is 0 Å². The smallest absolute Gasteiger partial charge is 0.137 e. The molecular formula is C50H36N3O3Pt-. The van der Waals surface area contributed by atoms with Crippen LogP contribution in [0.5, 0.6) is 5.75 Å². The second-order valence-electron chi connectivity index (χ2n) is 15.9. The van der Waals surface area contributed by atoms with Gasteiger partial charge in [0.05, 0.1) is 28.5 Å². The van der Waals surface area contributed by atoms with E-state index in [1.807, 2.05) is 48.7 Å². The number of phenols is 1. The fourth-order valence-electron chi connectivity index (χ4n) is 8.70. The molecule has 7 heteroatoms. The summed E-state index contributed by atoms with van der Waals surface area (Å²) in [7, 11) is 0. The molecular weight excluding hydrogens is 886 g/mol. The van der Waals surface area contributed by atoms with Crippen LogP contribution >= 0.6 is 0 Å². The minimum Gasteiger partial charge on any atom is -0.507 e. The summed E-state index contributed by atoms with van der Waals surface area (Å²) in [6.07, 6.45) is 2.04. The first-order valence-electron chi connectivity index (χ1n) is 19.0. The van der Waals surface area contributed by atoms with E-state index in [2.05, 4.69) is 123 Å². The predicted molar refractivity (Wildman–Crippen MR) is 224 cm³/mol. The fraction of sp³-hybridized carbons (Fsp3) is 0.120. The third kappa shape index (κ3) is 5.20. The maximum Gasteiger partial charge on any atom is 0.137 e. The molecule has 6 nitrogen and oxygen atoms in total. The van der Waals surface area contributed by atoms with Crippen LogP contribution in [0.25, 0.3) is 94.7 Å². The van der Waals surface area contributed by atoms with E-state index in [4.69, 9.17) is 18.8 Å². The van der Waals surface area contributed by atoms with Crippen molar-refractivity contribution in [1.29, 1.82) is 0 Å². The summed E-state index contributed by atoms with van der Waals surface area (Å²) in [4.78, 5) is 10.6. The Balaban J connectivity index is 0.00000396. The molecule has 1 N–H and O–H groups in total. The summed E-state index contributed by atoms with van der Waals surface area (Å²) in [6.45, 7) is 9.01. The van der Waals surface area contributed by atoms with Gasteiger partial charge in [-0.3, -0.25) is 4.98 Å². The van der Waals surface area contributed by atoms with E-state index in [-0.39, 0.29) is 37.6 Å². The zero-order valence-electron chi connectivity index (χ0n) is 31.7. The van der Waals surface area contributed by atoms with Gasteiger partial charge in [0.1, 0.15) is 22.5 Å². The molecule has 0 bridgehead atoms. The largest absolute Gasteiger partial charge is 0.507 e.